The largest absolute Gasteiger partial charge is 0.508 e. The van der Waals surface area contributed by atoms with E-state index in [4.69, 9.17) is 74.7 Å². The molecule has 7 aliphatic heterocycles. The summed E-state index contributed by atoms with van der Waals surface area (Å²) in [7, 11) is 1.46. The van der Waals surface area contributed by atoms with Crippen LogP contribution in [0.1, 0.15) is 116 Å². The van der Waals surface area contributed by atoms with Gasteiger partial charge in [0.15, 0.2) is 23.9 Å². The summed E-state index contributed by atoms with van der Waals surface area (Å²) in [6.45, 7) is 5.71. The van der Waals surface area contributed by atoms with Crippen molar-refractivity contribution in [3.8, 4) is 57.1 Å². The molecular weight excluding hydrogens is 1720 g/mol. The van der Waals surface area contributed by atoms with E-state index in [0.29, 0.717) is 21.8 Å². The molecule has 43 heteroatoms. The Morgan fingerprint density at radius 3 is 1.97 bits per heavy atom. The van der Waals surface area contributed by atoms with E-state index in [1.807, 2.05) is 5.43 Å². The number of fused-ring (bicyclic) bond motifs is 15. The molecule has 18 atom stereocenters. The first-order valence-corrected chi connectivity index (χ1v) is 40.2. The number of ether oxygens (including phenoxy) is 6. The lowest BCUT2D eigenvalue weighted by Crippen LogP contribution is -2.65. The molecule has 0 aliphatic carbocycles. The lowest BCUT2D eigenvalue weighted by molar-refractivity contribution is -0.334. The molecule has 2 saturated heterocycles. The minimum Gasteiger partial charge on any atom is -0.508 e. The van der Waals surface area contributed by atoms with E-state index in [1.54, 1.807) is 62.6 Å². The Balaban J connectivity index is 1.02. The smallest absolute Gasteiger partial charge is 0.327 e. The van der Waals surface area contributed by atoms with E-state index in [0.717, 1.165) is 66.7 Å². The summed E-state index contributed by atoms with van der Waals surface area (Å²) < 4.78 is 39.5. The number of halogens is 3. The van der Waals surface area contributed by atoms with Crippen molar-refractivity contribution >= 4 is 112 Å². The third-order valence-electron chi connectivity index (χ3n) is 21.3. The molecule has 126 heavy (non-hydrogen) atoms. The SMILES string of the molecule is CNC(CC(C)C)C(=O)NC1C(=O)NC(CC(N)=O)C(=O)NC2C(=O)NC3C(=O)NC(C(=O)NC(C(=O)NNC(=O)C(N)=O)c4cc(O)cc(O)c4-c4cc3ccc4O)C(O)c3ccc(c(Cl)c3)Oc3cc2cc(c3OC2OC(CO)C(O)C(O)C2OC2CC(C)(NCc3cncc(NC(=O)/C=C/c4ccc(Cl)cc4)c3)C(O)C(C)O2)Oc2ccc(cc2Cl)C1O. The lowest BCUT2D eigenvalue weighted by Gasteiger charge is -2.48. The van der Waals surface area contributed by atoms with Crippen molar-refractivity contribution in [3.63, 3.8) is 0 Å². The highest BCUT2D eigenvalue weighted by molar-refractivity contribution is 6.34. The number of hydrogen-bond donors (Lipinski definition) is 22. The number of aromatic hydroxyl groups is 3. The molecule has 18 unspecified atom stereocenters. The number of rotatable bonds is 19. The van der Waals surface area contributed by atoms with E-state index >= 15 is 24.0 Å². The number of benzene rings is 6. The van der Waals surface area contributed by atoms with Gasteiger partial charge in [-0.15, -0.1) is 0 Å². The zero-order valence-electron chi connectivity index (χ0n) is 67.3. The van der Waals surface area contributed by atoms with E-state index in [2.05, 4.69) is 52.8 Å². The molecule has 24 N–H and O–H groups in total. The molecule has 7 aromatic rings. The maximum atomic E-state index is 16.3. The summed E-state index contributed by atoms with van der Waals surface area (Å²) >= 11 is 20.4. The second-order valence-corrected chi connectivity index (χ2v) is 32.2. The number of anilines is 1. The van der Waals surface area contributed by atoms with Gasteiger partial charge in [0, 0.05) is 53.0 Å². The van der Waals surface area contributed by atoms with Crippen LogP contribution in [-0.2, 0) is 73.5 Å². The number of carbonyl (C=O) groups excluding carboxylic acids is 11. The van der Waals surface area contributed by atoms with Crippen molar-refractivity contribution in [1.29, 1.82) is 0 Å². The molecule has 0 saturated carbocycles. The van der Waals surface area contributed by atoms with Crippen LogP contribution in [0, 0.1) is 5.92 Å². The number of primary amides is 2. The third kappa shape index (κ3) is 21.2. The summed E-state index contributed by atoms with van der Waals surface area (Å²) in [6.07, 6.45) is -13.8. The van der Waals surface area contributed by atoms with E-state index in [-0.39, 0.29) is 36.4 Å². The molecule has 7 aliphatic rings. The van der Waals surface area contributed by atoms with E-state index < -0.39 is 271 Å². The maximum absolute atomic E-state index is 16.3. The highest BCUT2D eigenvalue weighted by Crippen LogP contribution is 2.50. The Labute approximate surface area is 731 Å². The molecule has 6 aromatic carbocycles. The number of pyridine rings is 1. The molecular formula is C83H89Cl3N14O26. The topological polar surface area (TPSA) is 622 Å². The van der Waals surface area contributed by atoms with Gasteiger partial charge >= 0.3 is 11.8 Å². The van der Waals surface area contributed by atoms with Crippen molar-refractivity contribution in [1.82, 2.24) is 58.4 Å². The number of phenols is 3. The molecule has 11 amide bonds. The number of nitrogens with one attached hydrogen (secondary N) is 11. The van der Waals surface area contributed by atoms with Crippen LogP contribution in [0.5, 0.6) is 46.0 Å². The predicted molar refractivity (Wildman–Crippen MR) is 443 cm³/mol. The number of aliphatic hydroxyl groups is 6. The third-order valence-corrected chi connectivity index (χ3v) is 22.2. The van der Waals surface area contributed by atoms with Gasteiger partial charge in [0.05, 0.1) is 53.2 Å². The number of amides is 11. The van der Waals surface area contributed by atoms with Crippen molar-refractivity contribution in [2.24, 2.45) is 17.4 Å². The number of nitrogens with two attached hydrogens (primary N) is 2. The van der Waals surface area contributed by atoms with Gasteiger partial charge in [0.2, 0.25) is 59.3 Å². The molecule has 1 aromatic heterocycles. The molecule has 0 spiro atoms. The Hall–Kier alpha value is -12.4. The first-order chi connectivity index (χ1) is 59.8. The zero-order valence-corrected chi connectivity index (χ0v) is 69.6. The van der Waals surface area contributed by atoms with Crippen molar-refractivity contribution in [3.05, 3.63) is 182 Å². The average Bonchev–Trinajstić information content (AvgIpc) is 0.765. The Bertz CT molecular complexity index is 5430. The quantitative estimate of drug-likeness (QED) is 0.0307. The molecule has 40 nitrogen and oxygen atoms in total. The molecule has 2 fully saturated rings. The minimum atomic E-state index is -2.43. The van der Waals surface area contributed by atoms with Gasteiger partial charge in [-0.25, -0.2) is 0 Å². The number of likely N-dealkylation sites (N-methyl/N-ethyl adjacent to an activating group) is 1. The summed E-state index contributed by atoms with van der Waals surface area (Å²) in [5.41, 5.74) is 11.4. The fraction of sp³-hybridized carbons (Fsp3) is 0.349. The summed E-state index contributed by atoms with van der Waals surface area (Å²) in [5.74, 6) is -20.2. The normalized spacial score (nSPS) is 25.8. The van der Waals surface area contributed by atoms with Crippen molar-refractivity contribution < 1.29 is 127 Å². The highest BCUT2D eigenvalue weighted by Gasteiger charge is 2.52. The fourth-order valence-electron chi connectivity index (χ4n) is 14.8. The van der Waals surface area contributed by atoms with Crippen LogP contribution in [0.2, 0.25) is 15.1 Å². The Morgan fingerprint density at radius 2 is 1.33 bits per heavy atom. The molecule has 0 radical (unpaired) electrons. The monoisotopic (exact) mass is 1800 g/mol. The standard InChI is InChI=1S/C83H89Cl3N14O26/c1-33(2)18-48(89-5)74(113)97-64-66(107)38-10-15-52(46(85)21-38)122-54-23-40-24-55(70(54)126-82-71(69(110)68(109)56(32-101)124-82)125-59-28-83(4,72(111)34(3)121-59)91-30-36-19-42(31-90-29-36)92-58(106)17-8-35-6-12-41(84)13-7-35)123-53-16-11-39(22-47(53)86)67(108)65-79(118)96-63(80(119)99-100-81(120)73(88)112)45-25-43(102)26-51(104)60(45)44-20-37(9-14-50(44)103)61(76(115)98-65)95-77(116)62(40)94-75(114)49(27-57(87)105)93-78(64)117/h6-17,19-26,29,31,33-34,48-49,56,59,61-69,71-72,82,89,91,101-104,107-111H,18,27-28,30,32H2,1-5H3,(H2,87,105)(H2,88,112)(H,92,106)(H,93,117)(H,94,114)(H,95,116)(H,96,118)(H,97,113)(H,98,115)(H,99,119)(H,100,120)/b17-8+. The number of carbonyl (C=O) groups is 11. The lowest BCUT2D eigenvalue weighted by atomic mass is 9.84. The van der Waals surface area contributed by atoms with Crippen molar-refractivity contribution in [2.45, 2.75) is 163 Å². The Morgan fingerprint density at radius 1 is 0.690 bits per heavy atom. The van der Waals surface area contributed by atoms with Crippen LogP contribution in [0.4, 0.5) is 5.69 Å². The van der Waals surface area contributed by atoms with Gasteiger partial charge < -0.3 is 134 Å². The van der Waals surface area contributed by atoms with Gasteiger partial charge in [-0.1, -0.05) is 79.0 Å². The van der Waals surface area contributed by atoms with E-state index in [9.17, 15) is 74.7 Å². The maximum Gasteiger partial charge on any atom is 0.327 e. The fourth-order valence-corrected chi connectivity index (χ4v) is 15.4. The molecule has 668 valence electrons. The van der Waals surface area contributed by atoms with Crippen LogP contribution >= 0.6 is 34.8 Å². The van der Waals surface area contributed by atoms with Gasteiger partial charge in [-0.2, -0.15) is 0 Å². The number of hydrazine groups is 1. The van der Waals surface area contributed by atoms with Gasteiger partial charge in [-0.05, 0) is 151 Å². The van der Waals surface area contributed by atoms with Crippen molar-refractivity contribution in [2.75, 3.05) is 19.0 Å². The first kappa shape index (κ1) is 92.8. The summed E-state index contributed by atoms with van der Waals surface area (Å²) in [5, 5.41) is 130. The molecule has 8 heterocycles. The average molecular weight is 1810 g/mol. The van der Waals surface area contributed by atoms with Crippen LogP contribution < -0.4 is 84.4 Å². The summed E-state index contributed by atoms with van der Waals surface area (Å²) in [4.78, 5) is 162. The second-order valence-electron chi connectivity index (χ2n) is 30.9. The molecule has 11 bridgehead atoms. The predicted octanol–water partition coefficient (Wildman–Crippen LogP) is 1.19. The minimum absolute atomic E-state index is 0.00839. The second kappa shape index (κ2) is 39.4. The van der Waals surface area contributed by atoms with Crippen LogP contribution in [0.15, 0.2) is 128 Å². The van der Waals surface area contributed by atoms with Crippen LogP contribution in [0.25, 0.3) is 17.2 Å². The Kier molecular flexibility index (Phi) is 29.0. The number of hydrogen-bond acceptors (Lipinski definition) is 29. The molecule has 14 rings (SSSR count). The van der Waals surface area contributed by atoms with Crippen LogP contribution in [-0.4, -0.2) is 208 Å². The van der Waals surface area contributed by atoms with Gasteiger partial charge in [0.25, 0.3) is 5.91 Å². The number of aliphatic hydroxyl groups excluding tert-OH is 6. The van der Waals surface area contributed by atoms with Crippen LogP contribution in [0.3, 0.4) is 0 Å². The van der Waals surface area contributed by atoms with Gasteiger partial charge in [0.1, 0.15) is 95.5 Å². The summed E-state index contributed by atoms with van der Waals surface area (Å²) in [6, 6.07) is 6.83. The zero-order chi connectivity index (χ0) is 91.2. The van der Waals surface area contributed by atoms with Gasteiger partial charge in [-0.3, -0.25) is 68.6 Å². The number of phenolic OH excluding ortho intramolecular Hbond substituents is 3. The number of nitrogens with zero attached hydrogens (tertiary/aromatic N) is 1. The van der Waals surface area contributed by atoms with E-state index in [1.165, 1.54) is 44.6 Å². The first-order valence-electron chi connectivity index (χ1n) is 39.1. The highest BCUT2D eigenvalue weighted by atomic mass is 35.5. The number of aromatic nitrogens is 1.